The molecule has 2 heterocycles. The lowest BCUT2D eigenvalue weighted by Gasteiger charge is -2.38. The minimum Gasteiger partial charge on any atom is -0.356 e. The van der Waals surface area contributed by atoms with E-state index in [1.54, 1.807) is 0 Å². The van der Waals surface area contributed by atoms with Crippen LogP contribution in [0.5, 0.6) is 0 Å². The van der Waals surface area contributed by atoms with Crippen LogP contribution in [0.25, 0.3) is 0 Å². The maximum atomic E-state index is 5.62. The molecule has 1 saturated heterocycles. The van der Waals surface area contributed by atoms with Crippen molar-refractivity contribution in [1.82, 2.24) is 4.98 Å². The second kappa shape index (κ2) is 4.42. The second-order valence-electron chi connectivity index (χ2n) is 5.38. The molecule has 1 fully saturated rings. The quantitative estimate of drug-likeness (QED) is 0.829. The zero-order valence-electron chi connectivity index (χ0n) is 10.2. The van der Waals surface area contributed by atoms with Crippen molar-refractivity contribution in [1.29, 1.82) is 0 Å². The molecule has 3 heteroatoms. The monoisotopic (exact) mass is 219 g/mol. The summed E-state index contributed by atoms with van der Waals surface area (Å²) in [6.45, 7) is 7.38. The van der Waals surface area contributed by atoms with E-state index in [4.69, 9.17) is 5.73 Å². The number of nitrogens with two attached hydrogens (primary N) is 1. The fourth-order valence-electron chi connectivity index (χ4n) is 2.38. The molecule has 16 heavy (non-hydrogen) atoms. The van der Waals surface area contributed by atoms with E-state index in [9.17, 15) is 0 Å². The predicted molar refractivity (Wildman–Crippen MR) is 67.4 cm³/mol. The first kappa shape index (κ1) is 11.4. The molecule has 1 aromatic rings. The van der Waals surface area contributed by atoms with E-state index in [2.05, 4.69) is 29.8 Å². The molecule has 2 N–H and O–H groups in total. The number of pyridine rings is 1. The molecule has 88 valence electrons. The molecule has 0 spiro atoms. The predicted octanol–water partition coefficient (Wildman–Crippen LogP) is 2.17. The summed E-state index contributed by atoms with van der Waals surface area (Å²) >= 11 is 0. The van der Waals surface area contributed by atoms with Gasteiger partial charge in [0.25, 0.3) is 0 Å². The Morgan fingerprint density at radius 1 is 1.44 bits per heavy atom. The number of hydrogen-bond donors (Lipinski definition) is 1. The molecule has 0 atom stereocenters. The van der Waals surface area contributed by atoms with Crippen molar-refractivity contribution in [2.24, 2.45) is 11.1 Å². The van der Waals surface area contributed by atoms with Crippen LogP contribution in [-0.4, -0.2) is 18.1 Å². The lowest BCUT2D eigenvalue weighted by Crippen LogP contribution is -2.40. The van der Waals surface area contributed by atoms with Gasteiger partial charge in [0.2, 0.25) is 0 Å². The second-order valence-corrected chi connectivity index (χ2v) is 5.38. The summed E-state index contributed by atoms with van der Waals surface area (Å²) in [6.07, 6.45) is 2.56. The molecule has 0 bridgehead atoms. The Labute approximate surface area is 97.7 Å². The Hall–Kier alpha value is -1.09. The molecule has 0 aromatic carbocycles. The van der Waals surface area contributed by atoms with E-state index in [-0.39, 0.29) is 0 Å². The van der Waals surface area contributed by atoms with Gasteiger partial charge in [-0.15, -0.1) is 0 Å². The minimum atomic E-state index is 0.401. The SMILES string of the molecule is CC1(C)CCCN(c2cccc(CN)n2)C1. The summed E-state index contributed by atoms with van der Waals surface area (Å²) in [5.41, 5.74) is 6.99. The van der Waals surface area contributed by atoms with E-state index >= 15 is 0 Å². The summed E-state index contributed by atoms with van der Waals surface area (Å²) < 4.78 is 0. The zero-order chi connectivity index (χ0) is 11.6. The topological polar surface area (TPSA) is 42.1 Å². The van der Waals surface area contributed by atoms with Crippen LogP contribution in [0.3, 0.4) is 0 Å². The molecule has 2 rings (SSSR count). The highest BCUT2D eigenvalue weighted by atomic mass is 15.2. The molecule has 1 aliphatic rings. The van der Waals surface area contributed by atoms with Gasteiger partial charge >= 0.3 is 0 Å². The molecule has 0 aliphatic carbocycles. The Morgan fingerprint density at radius 3 is 2.94 bits per heavy atom. The summed E-state index contributed by atoms with van der Waals surface area (Å²) in [5, 5.41) is 0. The van der Waals surface area contributed by atoms with Gasteiger partial charge in [-0.2, -0.15) is 0 Å². The summed E-state index contributed by atoms with van der Waals surface area (Å²) in [6, 6.07) is 6.12. The van der Waals surface area contributed by atoms with Crippen LogP contribution >= 0.6 is 0 Å². The molecule has 0 radical (unpaired) electrons. The van der Waals surface area contributed by atoms with Crippen LogP contribution < -0.4 is 10.6 Å². The largest absolute Gasteiger partial charge is 0.356 e. The third-order valence-corrected chi connectivity index (χ3v) is 3.23. The van der Waals surface area contributed by atoms with Crippen LogP contribution in [0.2, 0.25) is 0 Å². The van der Waals surface area contributed by atoms with Crippen molar-refractivity contribution in [3.05, 3.63) is 23.9 Å². The number of aromatic nitrogens is 1. The van der Waals surface area contributed by atoms with Crippen LogP contribution in [-0.2, 0) is 6.54 Å². The Bertz CT molecular complexity index is 360. The molecule has 1 aliphatic heterocycles. The molecule has 1 aromatic heterocycles. The van der Waals surface area contributed by atoms with Gasteiger partial charge in [-0.25, -0.2) is 4.98 Å². The van der Waals surface area contributed by atoms with Gasteiger partial charge in [-0.1, -0.05) is 19.9 Å². The number of hydrogen-bond acceptors (Lipinski definition) is 3. The van der Waals surface area contributed by atoms with Crippen molar-refractivity contribution in [2.75, 3.05) is 18.0 Å². The van der Waals surface area contributed by atoms with E-state index in [0.717, 1.165) is 24.6 Å². The fourth-order valence-corrected chi connectivity index (χ4v) is 2.38. The summed E-state index contributed by atoms with van der Waals surface area (Å²) in [7, 11) is 0. The first-order valence-electron chi connectivity index (χ1n) is 6.02. The highest BCUT2D eigenvalue weighted by Gasteiger charge is 2.26. The number of nitrogens with zero attached hydrogens (tertiary/aromatic N) is 2. The van der Waals surface area contributed by atoms with Crippen LogP contribution in [0, 0.1) is 5.41 Å². The molecular formula is C13H21N3. The first-order chi connectivity index (χ1) is 7.61. The van der Waals surface area contributed by atoms with Gasteiger partial charge in [-0.05, 0) is 30.4 Å². The number of anilines is 1. The third kappa shape index (κ3) is 2.53. The average Bonchev–Trinajstić information content (AvgIpc) is 2.28. The smallest absolute Gasteiger partial charge is 0.128 e. The standard InChI is InChI=1S/C13H21N3/c1-13(2)7-4-8-16(10-13)12-6-3-5-11(9-14)15-12/h3,5-6H,4,7-10,14H2,1-2H3. The molecule has 0 unspecified atom stereocenters. The molecule has 3 nitrogen and oxygen atoms in total. The Morgan fingerprint density at radius 2 is 2.25 bits per heavy atom. The number of rotatable bonds is 2. The van der Waals surface area contributed by atoms with Gasteiger partial charge in [0.15, 0.2) is 0 Å². The first-order valence-corrected chi connectivity index (χ1v) is 6.02. The van der Waals surface area contributed by atoms with Gasteiger partial charge in [0, 0.05) is 19.6 Å². The van der Waals surface area contributed by atoms with E-state index in [1.807, 2.05) is 12.1 Å². The zero-order valence-corrected chi connectivity index (χ0v) is 10.2. The summed E-state index contributed by atoms with van der Waals surface area (Å²) in [5.74, 6) is 1.08. The van der Waals surface area contributed by atoms with Gasteiger partial charge < -0.3 is 10.6 Å². The molecule has 0 amide bonds. The average molecular weight is 219 g/mol. The van der Waals surface area contributed by atoms with Crippen molar-refractivity contribution < 1.29 is 0 Å². The van der Waals surface area contributed by atoms with Crippen molar-refractivity contribution in [3.63, 3.8) is 0 Å². The van der Waals surface area contributed by atoms with Crippen molar-refractivity contribution in [2.45, 2.75) is 33.2 Å². The minimum absolute atomic E-state index is 0.401. The van der Waals surface area contributed by atoms with E-state index in [0.29, 0.717) is 12.0 Å². The highest BCUT2D eigenvalue weighted by Crippen LogP contribution is 2.30. The van der Waals surface area contributed by atoms with Crippen molar-refractivity contribution in [3.8, 4) is 0 Å². The molecule has 0 saturated carbocycles. The number of piperidine rings is 1. The van der Waals surface area contributed by atoms with Crippen LogP contribution in [0.1, 0.15) is 32.4 Å². The third-order valence-electron chi connectivity index (χ3n) is 3.23. The molecular weight excluding hydrogens is 198 g/mol. The van der Waals surface area contributed by atoms with Gasteiger partial charge in [-0.3, -0.25) is 0 Å². The fraction of sp³-hybridized carbons (Fsp3) is 0.615. The van der Waals surface area contributed by atoms with Gasteiger partial charge in [0.1, 0.15) is 5.82 Å². The maximum Gasteiger partial charge on any atom is 0.128 e. The normalized spacial score (nSPS) is 19.8. The Kier molecular flexibility index (Phi) is 3.15. The van der Waals surface area contributed by atoms with Crippen LogP contribution in [0.15, 0.2) is 18.2 Å². The maximum absolute atomic E-state index is 5.62. The van der Waals surface area contributed by atoms with E-state index in [1.165, 1.54) is 12.8 Å². The van der Waals surface area contributed by atoms with Crippen LogP contribution in [0.4, 0.5) is 5.82 Å². The van der Waals surface area contributed by atoms with Gasteiger partial charge in [0.05, 0.1) is 5.69 Å². The van der Waals surface area contributed by atoms with Crippen molar-refractivity contribution >= 4 is 5.82 Å². The lowest BCUT2D eigenvalue weighted by atomic mass is 9.84. The van der Waals surface area contributed by atoms with E-state index < -0.39 is 0 Å². The Balaban J connectivity index is 2.16. The highest BCUT2D eigenvalue weighted by molar-refractivity contribution is 5.40. The summed E-state index contributed by atoms with van der Waals surface area (Å²) in [4.78, 5) is 6.96. The lowest BCUT2D eigenvalue weighted by molar-refractivity contribution is 0.292.